The largest absolute Gasteiger partial charge is 0.310 e. The SMILES string of the molecule is CCNC(Cc1ccc(Br)cc1F)c1cc(Cl)sc1Cl. The third-order valence-electron chi connectivity index (χ3n) is 2.95. The van der Waals surface area contributed by atoms with E-state index in [1.54, 1.807) is 6.07 Å². The van der Waals surface area contributed by atoms with Crippen LogP contribution in [-0.2, 0) is 6.42 Å². The van der Waals surface area contributed by atoms with E-state index in [0.29, 0.717) is 20.7 Å². The predicted octanol–water partition coefficient (Wildman–Crippen LogP) is 5.85. The Labute approximate surface area is 140 Å². The van der Waals surface area contributed by atoms with Crippen molar-refractivity contribution in [2.24, 2.45) is 0 Å². The molecular weight excluding hydrogens is 384 g/mol. The van der Waals surface area contributed by atoms with Crippen molar-refractivity contribution in [1.82, 2.24) is 5.32 Å². The molecule has 0 amide bonds. The van der Waals surface area contributed by atoms with E-state index >= 15 is 0 Å². The zero-order chi connectivity index (χ0) is 14.7. The molecule has 1 heterocycles. The fraction of sp³-hybridized carbons (Fsp3) is 0.286. The number of rotatable bonds is 5. The van der Waals surface area contributed by atoms with E-state index in [0.717, 1.165) is 16.6 Å². The number of nitrogens with one attached hydrogen (secondary N) is 1. The minimum absolute atomic E-state index is 0.0491. The first-order chi connectivity index (χ1) is 9.51. The number of benzene rings is 1. The van der Waals surface area contributed by atoms with E-state index in [2.05, 4.69) is 21.2 Å². The van der Waals surface area contributed by atoms with Crippen LogP contribution in [0.15, 0.2) is 28.7 Å². The van der Waals surface area contributed by atoms with Gasteiger partial charge in [-0.15, -0.1) is 11.3 Å². The van der Waals surface area contributed by atoms with Crippen molar-refractivity contribution < 1.29 is 4.39 Å². The van der Waals surface area contributed by atoms with Gasteiger partial charge in [-0.25, -0.2) is 4.39 Å². The van der Waals surface area contributed by atoms with E-state index in [-0.39, 0.29) is 11.9 Å². The maximum absolute atomic E-state index is 14.0. The number of hydrogen-bond acceptors (Lipinski definition) is 2. The molecule has 0 saturated carbocycles. The number of likely N-dealkylation sites (N-methyl/N-ethyl adjacent to an activating group) is 1. The van der Waals surface area contributed by atoms with Gasteiger partial charge in [0.15, 0.2) is 0 Å². The molecule has 1 N–H and O–H groups in total. The van der Waals surface area contributed by atoms with Gasteiger partial charge < -0.3 is 5.32 Å². The van der Waals surface area contributed by atoms with Gasteiger partial charge in [-0.3, -0.25) is 0 Å². The van der Waals surface area contributed by atoms with Crippen molar-refractivity contribution in [3.8, 4) is 0 Å². The maximum Gasteiger partial charge on any atom is 0.127 e. The number of thiophene rings is 1. The van der Waals surface area contributed by atoms with Crippen LogP contribution in [0, 0.1) is 5.82 Å². The molecule has 0 aliphatic heterocycles. The Hall–Kier alpha value is -0.130. The highest BCUT2D eigenvalue weighted by Crippen LogP contribution is 2.36. The Balaban J connectivity index is 2.27. The molecule has 2 rings (SSSR count). The topological polar surface area (TPSA) is 12.0 Å². The monoisotopic (exact) mass is 395 g/mol. The van der Waals surface area contributed by atoms with Crippen LogP contribution in [0.5, 0.6) is 0 Å². The molecule has 20 heavy (non-hydrogen) atoms. The second-order valence-electron chi connectivity index (χ2n) is 4.33. The van der Waals surface area contributed by atoms with Gasteiger partial charge in [-0.2, -0.15) is 0 Å². The lowest BCUT2D eigenvalue weighted by molar-refractivity contribution is 0.529. The Morgan fingerprint density at radius 2 is 2.10 bits per heavy atom. The quantitative estimate of drug-likeness (QED) is 0.668. The minimum Gasteiger partial charge on any atom is -0.310 e. The van der Waals surface area contributed by atoms with Crippen molar-refractivity contribution in [3.05, 3.63) is 54.4 Å². The molecule has 1 nitrogen and oxygen atoms in total. The Morgan fingerprint density at radius 1 is 1.35 bits per heavy atom. The van der Waals surface area contributed by atoms with E-state index in [1.807, 2.05) is 19.1 Å². The second kappa shape index (κ2) is 7.23. The van der Waals surface area contributed by atoms with Gasteiger partial charge >= 0.3 is 0 Å². The molecule has 1 aromatic heterocycles. The zero-order valence-corrected chi connectivity index (χ0v) is 14.6. The maximum atomic E-state index is 14.0. The molecule has 0 bridgehead atoms. The Morgan fingerprint density at radius 3 is 2.65 bits per heavy atom. The van der Waals surface area contributed by atoms with Gasteiger partial charge in [0.2, 0.25) is 0 Å². The first-order valence-corrected chi connectivity index (χ1v) is 8.49. The fourth-order valence-corrected chi connectivity index (χ4v) is 3.95. The summed E-state index contributed by atoms with van der Waals surface area (Å²) in [5, 5.41) is 3.33. The summed E-state index contributed by atoms with van der Waals surface area (Å²) in [6.45, 7) is 2.78. The third kappa shape index (κ3) is 3.95. The zero-order valence-electron chi connectivity index (χ0n) is 10.7. The summed E-state index contributed by atoms with van der Waals surface area (Å²) in [7, 11) is 0. The van der Waals surface area contributed by atoms with Gasteiger partial charge in [-0.05, 0) is 36.7 Å². The highest BCUT2D eigenvalue weighted by Gasteiger charge is 2.19. The molecule has 0 radical (unpaired) electrons. The van der Waals surface area contributed by atoms with Gasteiger partial charge in [0.1, 0.15) is 5.82 Å². The summed E-state index contributed by atoms with van der Waals surface area (Å²) in [5.41, 5.74) is 1.57. The van der Waals surface area contributed by atoms with Crippen LogP contribution in [0.1, 0.15) is 24.1 Å². The smallest absolute Gasteiger partial charge is 0.127 e. The van der Waals surface area contributed by atoms with Crippen LogP contribution >= 0.6 is 50.5 Å². The van der Waals surface area contributed by atoms with E-state index in [4.69, 9.17) is 23.2 Å². The van der Waals surface area contributed by atoms with Crippen molar-refractivity contribution in [3.63, 3.8) is 0 Å². The van der Waals surface area contributed by atoms with Crippen molar-refractivity contribution in [1.29, 1.82) is 0 Å². The van der Waals surface area contributed by atoms with Crippen LogP contribution in [0.2, 0.25) is 8.67 Å². The first-order valence-electron chi connectivity index (χ1n) is 6.13. The van der Waals surface area contributed by atoms with Gasteiger partial charge in [0.25, 0.3) is 0 Å². The van der Waals surface area contributed by atoms with Gasteiger partial charge in [-0.1, -0.05) is 52.1 Å². The number of halogens is 4. The van der Waals surface area contributed by atoms with Crippen molar-refractivity contribution >= 4 is 50.5 Å². The Kier molecular flexibility index (Phi) is 5.87. The molecular formula is C14H13BrCl2FNS. The molecule has 0 aliphatic rings. The van der Waals surface area contributed by atoms with Crippen LogP contribution in [0.25, 0.3) is 0 Å². The summed E-state index contributed by atoms with van der Waals surface area (Å²) in [5.74, 6) is -0.222. The molecule has 0 fully saturated rings. The molecule has 0 aliphatic carbocycles. The highest BCUT2D eigenvalue weighted by atomic mass is 79.9. The van der Waals surface area contributed by atoms with E-state index < -0.39 is 0 Å². The molecule has 6 heteroatoms. The average molecular weight is 397 g/mol. The lowest BCUT2D eigenvalue weighted by atomic mass is 10.0. The van der Waals surface area contributed by atoms with Gasteiger partial charge in [0.05, 0.1) is 8.67 Å². The lowest BCUT2D eigenvalue weighted by Crippen LogP contribution is -2.23. The molecule has 0 spiro atoms. The second-order valence-corrected chi connectivity index (χ2v) is 7.53. The van der Waals surface area contributed by atoms with E-state index in [9.17, 15) is 4.39 Å². The summed E-state index contributed by atoms with van der Waals surface area (Å²) in [6, 6.07) is 6.89. The highest BCUT2D eigenvalue weighted by molar-refractivity contribution is 9.10. The summed E-state index contributed by atoms with van der Waals surface area (Å²) >= 11 is 16.8. The van der Waals surface area contributed by atoms with Crippen LogP contribution < -0.4 is 5.32 Å². The molecule has 1 unspecified atom stereocenters. The van der Waals surface area contributed by atoms with Crippen LogP contribution in [0.3, 0.4) is 0 Å². The Bertz CT molecular complexity index is 603. The van der Waals surface area contributed by atoms with E-state index in [1.165, 1.54) is 17.4 Å². The van der Waals surface area contributed by atoms with Crippen LogP contribution in [0.4, 0.5) is 4.39 Å². The lowest BCUT2D eigenvalue weighted by Gasteiger charge is -2.18. The fourth-order valence-electron chi connectivity index (χ4n) is 2.04. The molecule has 1 aromatic carbocycles. The third-order valence-corrected chi connectivity index (χ3v) is 4.96. The average Bonchev–Trinajstić information content (AvgIpc) is 2.71. The molecule has 1 atom stereocenters. The molecule has 2 aromatic rings. The van der Waals surface area contributed by atoms with Gasteiger partial charge in [0, 0.05) is 16.1 Å². The summed E-state index contributed by atoms with van der Waals surface area (Å²) in [6.07, 6.45) is 0.528. The molecule has 108 valence electrons. The standard InChI is InChI=1S/C14H13BrCl2FNS/c1-2-19-12(10-7-13(16)20-14(10)17)5-8-3-4-9(15)6-11(8)18/h3-4,6-7,12,19H,2,5H2,1H3. The summed E-state index contributed by atoms with van der Waals surface area (Å²) in [4.78, 5) is 0. The first kappa shape index (κ1) is 16.2. The predicted molar refractivity (Wildman–Crippen MR) is 88.6 cm³/mol. The van der Waals surface area contributed by atoms with Crippen molar-refractivity contribution in [2.45, 2.75) is 19.4 Å². The van der Waals surface area contributed by atoms with Crippen LogP contribution in [-0.4, -0.2) is 6.54 Å². The number of hydrogen-bond donors (Lipinski definition) is 1. The summed E-state index contributed by atoms with van der Waals surface area (Å²) < 4.78 is 16.0. The minimum atomic E-state index is -0.222. The normalized spacial score (nSPS) is 12.7. The van der Waals surface area contributed by atoms with Crippen molar-refractivity contribution in [2.75, 3.05) is 6.54 Å². The molecule has 0 saturated heterocycles.